The van der Waals surface area contributed by atoms with Gasteiger partial charge < -0.3 is 15.5 Å². The zero-order chi connectivity index (χ0) is 20.8. The van der Waals surface area contributed by atoms with Gasteiger partial charge in [-0.1, -0.05) is 43.5 Å². The quantitative estimate of drug-likeness (QED) is 0.330. The Kier molecular flexibility index (Phi) is 9.40. The third-order valence-electron chi connectivity index (χ3n) is 6.44. The van der Waals surface area contributed by atoms with Crippen LogP contribution in [0.15, 0.2) is 40.8 Å². The van der Waals surface area contributed by atoms with E-state index in [4.69, 9.17) is 10.7 Å². The molecule has 1 saturated heterocycles. The maximum atomic E-state index is 6.36. The summed E-state index contributed by atoms with van der Waals surface area (Å²) in [6.45, 7) is 5.29. The first-order valence-corrected chi connectivity index (χ1v) is 12.0. The molecule has 2 aromatic rings. The number of halogens is 1. The van der Waals surface area contributed by atoms with E-state index in [0.717, 1.165) is 43.9 Å². The van der Waals surface area contributed by atoms with Crippen molar-refractivity contribution < 1.29 is 0 Å². The molecular weight excluding hydrogens is 519 g/mol. The smallest absolute Gasteiger partial charge is 0.191 e. The summed E-state index contributed by atoms with van der Waals surface area (Å²) in [5, 5.41) is 3.13. The first kappa shape index (κ1) is 24.3. The molecule has 8 heteroatoms. The van der Waals surface area contributed by atoms with Crippen molar-refractivity contribution in [3.63, 3.8) is 0 Å². The van der Waals surface area contributed by atoms with Crippen molar-refractivity contribution in [2.45, 2.75) is 51.2 Å². The van der Waals surface area contributed by atoms with E-state index < -0.39 is 0 Å². The Labute approximate surface area is 207 Å². The largest absolute Gasteiger partial charge is 0.370 e. The summed E-state index contributed by atoms with van der Waals surface area (Å²) >= 11 is 1.69. The summed E-state index contributed by atoms with van der Waals surface area (Å²) in [6, 6.07) is 9.40. The van der Waals surface area contributed by atoms with Crippen molar-refractivity contribution in [2.75, 3.05) is 38.1 Å². The van der Waals surface area contributed by atoms with E-state index in [9.17, 15) is 0 Å². The monoisotopic (exact) mass is 554 g/mol. The highest BCUT2D eigenvalue weighted by molar-refractivity contribution is 14.0. The van der Waals surface area contributed by atoms with Crippen molar-refractivity contribution >= 4 is 46.4 Å². The molecule has 0 spiro atoms. The lowest BCUT2D eigenvalue weighted by Gasteiger charge is -2.35. The Morgan fingerprint density at radius 2 is 1.84 bits per heavy atom. The van der Waals surface area contributed by atoms with Crippen molar-refractivity contribution in [1.82, 2.24) is 14.8 Å². The molecule has 2 fully saturated rings. The van der Waals surface area contributed by atoms with Gasteiger partial charge in [-0.25, -0.2) is 9.98 Å². The maximum absolute atomic E-state index is 6.36. The second kappa shape index (κ2) is 12.0. The Morgan fingerprint density at radius 3 is 2.52 bits per heavy atom. The number of aliphatic imine (C=N–C) groups is 1. The number of benzene rings is 1. The summed E-state index contributed by atoms with van der Waals surface area (Å²) in [4.78, 5) is 16.2. The summed E-state index contributed by atoms with van der Waals surface area (Å²) in [5.41, 5.74) is 9.02. The number of rotatable bonds is 6. The van der Waals surface area contributed by atoms with Gasteiger partial charge in [0, 0.05) is 50.3 Å². The minimum Gasteiger partial charge on any atom is -0.370 e. The first-order valence-electron chi connectivity index (χ1n) is 11.2. The van der Waals surface area contributed by atoms with Crippen molar-refractivity contribution in [2.24, 2.45) is 10.7 Å². The summed E-state index contributed by atoms with van der Waals surface area (Å²) in [5.74, 6) is 0.657. The second-order valence-corrected chi connectivity index (χ2v) is 9.31. The van der Waals surface area contributed by atoms with Gasteiger partial charge in [-0.05, 0) is 31.0 Å². The number of nitrogens with two attached hydrogens (primary N) is 1. The standard InChI is InChI=1S/C23H34N6S.HI/c1-27(21-9-3-2-4-10-21)18-20-8-6-5-7-19(20)17-26-22(24)28-12-14-29(15-13-28)23-25-11-16-30-23;/h5-8,11,16,21H,2-4,9-10,12-15,17-18H2,1H3,(H2,24,26);1H. The number of hydrogen-bond donors (Lipinski definition) is 1. The first-order chi connectivity index (χ1) is 14.7. The average Bonchev–Trinajstić information content (AvgIpc) is 3.34. The highest BCUT2D eigenvalue weighted by atomic mass is 127. The van der Waals surface area contributed by atoms with Crippen LogP contribution in [0.3, 0.4) is 0 Å². The van der Waals surface area contributed by atoms with Crippen molar-refractivity contribution in [3.8, 4) is 0 Å². The molecule has 31 heavy (non-hydrogen) atoms. The van der Waals surface area contributed by atoms with Crippen molar-refractivity contribution in [1.29, 1.82) is 0 Å². The molecule has 0 amide bonds. The number of piperazine rings is 1. The fourth-order valence-corrected chi connectivity index (χ4v) is 5.25. The van der Waals surface area contributed by atoms with E-state index in [1.807, 2.05) is 11.6 Å². The van der Waals surface area contributed by atoms with Crippen LogP contribution in [0.5, 0.6) is 0 Å². The zero-order valence-electron chi connectivity index (χ0n) is 18.4. The maximum Gasteiger partial charge on any atom is 0.191 e. The Hall–Kier alpha value is -1.39. The van der Waals surface area contributed by atoms with Crippen LogP contribution in [0.4, 0.5) is 5.13 Å². The SMILES string of the molecule is CN(Cc1ccccc1CN=C(N)N1CCN(c2nccs2)CC1)C1CCCCC1.I. The number of anilines is 1. The molecule has 2 N–H and O–H groups in total. The topological polar surface area (TPSA) is 61.0 Å². The molecular formula is C23H35IN6S. The molecule has 0 radical (unpaired) electrons. The van der Waals surface area contributed by atoms with E-state index in [1.165, 1.54) is 43.2 Å². The molecule has 1 aliphatic heterocycles. The van der Waals surface area contributed by atoms with Crippen molar-refractivity contribution in [3.05, 3.63) is 47.0 Å². The van der Waals surface area contributed by atoms with E-state index in [-0.39, 0.29) is 24.0 Å². The van der Waals surface area contributed by atoms with Gasteiger partial charge >= 0.3 is 0 Å². The normalized spacial score (nSPS) is 18.3. The second-order valence-electron chi connectivity index (χ2n) is 8.44. The molecule has 1 saturated carbocycles. The van der Waals surface area contributed by atoms with Gasteiger partial charge in [0.2, 0.25) is 0 Å². The number of thiazole rings is 1. The van der Waals surface area contributed by atoms with Gasteiger partial charge in [0.25, 0.3) is 0 Å². The highest BCUT2D eigenvalue weighted by Gasteiger charge is 2.21. The lowest BCUT2D eigenvalue weighted by molar-refractivity contribution is 0.184. The Morgan fingerprint density at radius 1 is 1.13 bits per heavy atom. The molecule has 0 bridgehead atoms. The molecule has 2 aliphatic rings. The minimum absolute atomic E-state index is 0. The minimum atomic E-state index is 0. The molecule has 1 aliphatic carbocycles. The molecule has 0 atom stereocenters. The number of guanidine groups is 1. The number of nitrogens with zero attached hydrogens (tertiary/aromatic N) is 5. The van der Waals surface area contributed by atoms with Gasteiger partial charge in [0.1, 0.15) is 0 Å². The Balaban J connectivity index is 0.00000272. The summed E-state index contributed by atoms with van der Waals surface area (Å²) < 4.78 is 0. The van der Waals surface area contributed by atoms with E-state index in [1.54, 1.807) is 11.3 Å². The zero-order valence-corrected chi connectivity index (χ0v) is 21.6. The van der Waals surface area contributed by atoms with Crippen LogP contribution in [0.1, 0.15) is 43.2 Å². The lowest BCUT2D eigenvalue weighted by Crippen LogP contribution is -2.51. The van der Waals surface area contributed by atoms with Crippen LogP contribution < -0.4 is 10.6 Å². The van der Waals surface area contributed by atoms with Gasteiger partial charge in [0.15, 0.2) is 11.1 Å². The van der Waals surface area contributed by atoms with Gasteiger partial charge in [-0.3, -0.25) is 4.90 Å². The number of aromatic nitrogens is 1. The van der Waals surface area contributed by atoms with Gasteiger partial charge in [-0.2, -0.15) is 0 Å². The van der Waals surface area contributed by atoms with Crippen LogP contribution in [0, 0.1) is 0 Å². The predicted molar refractivity (Wildman–Crippen MR) is 141 cm³/mol. The predicted octanol–water partition coefficient (Wildman–Crippen LogP) is 4.16. The third kappa shape index (κ3) is 6.55. The average molecular weight is 555 g/mol. The van der Waals surface area contributed by atoms with Gasteiger partial charge in [0.05, 0.1) is 6.54 Å². The third-order valence-corrected chi connectivity index (χ3v) is 7.27. The molecule has 1 aromatic heterocycles. The molecule has 4 rings (SSSR count). The molecule has 1 aromatic carbocycles. The van der Waals surface area contributed by atoms with E-state index in [0.29, 0.717) is 12.5 Å². The highest BCUT2D eigenvalue weighted by Crippen LogP contribution is 2.24. The van der Waals surface area contributed by atoms with Crippen LogP contribution in [0.25, 0.3) is 0 Å². The Bertz CT molecular complexity index is 813. The van der Waals surface area contributed by atoms with Crippen LogP contribution >= 0.6 is 35.3 Å². The van der Waals surface area contributed by atoms with Crippen LogP contribution in [0.2, 0.25) is 0 Å². The van der Waals surface area contributed by atoms with Gasteiger partial charge in [-0.15, -0.1) is 35.3 Å². The fourth-order valence-electron chi connectivity index (χ4n) is 4.55. The number of hydrogen-bond acceptors (Lipinski definition) is 5. The molecule has 6 nitrogen and oxygen atoms in total. The lowest BCUT2D eigenvalue weighted by atomic mass is 9.94. The summed E-state index contributed by atoms with van der Waals surface area (Å²) in [7, 11) is 2.27. The van der Waals surface area contributed by atoms with Crippen LogP contribution in [-0.2, 0) is 13.1 Å². The van der Waals surface area contributed by atoms with Crippen LogP contribution in [-0.4, -0.2) is 60.0 Å². The fraction of sp³-hybridized carbons (Fsp3) is 0.565. The molecule has 170 valence electrons. The summed E-state index contributed by atoms with van der Waals surface area (Å²) in [6.07, 6.45) is 8.66. The molecule has 0 unspecified atom stereocenters. The van der Waals surface area contributed by atoms with E-state index >= 15 is 0 Å². The van der Waals surface area contributed by atoms with E-state index in [2.05, 4.69) is 51.0 Å². The molecule has 2 heterocycles.